The minimum atomic E-state index is -5.23. The van der Waals surface area contributed by atoms with Crippen LogP contribution in [0.2, 0.25) is 5.02 Å². The number of benzene rings is 2. The number of alkyl halides is 8. The van der Waals surface area contributed by atoms with E-state index in [4.69, 9.17) is 28.5 Å². The van der Waals surface area contributed by atoms with Gasteiger partial charge in [-0.25, -0.2) is 30.6 Å². The van der Waals surface area contributed by atoms with Crippen LogP contribution < -0.4 is 26.4 Å². The summed E-state index contributed by atoms with van der Waals surface area (Å²) in [6, 6.07) is 3.05. The smallest absolute Gasteiger partial charge is 0.370 e. The normalized spacial score (nSPS) is 17.1. The molecule has 3 heterocycles. The Labute approximate surface area is 425 Å². The Balaban J connectivity index is 1.47. The Bertz CT molecular complexity index is 3430. The van der Waals surface area contributed by atoms with Crippen molar-refractivity contribution in [3.63, 3.8) is 0 Å². The summed E-state index contributed by atoms with van der Waals surface area (Å²) in [5, 5.41) is 18.4. The van der Waals surface area contributed by atoms with Crippen molar-refractivity contribution in [2.45, 2.75) is 93.6 Å². The minimum absolute atomic E-state index is 0.000299. The predicted octanol–water partition coefficient (Wildman–Crippen LogP) is 6.17. The number of rotatable bonds is 16. The van der Waals surface area contributed by atoms with Gasteiger partial charge >= 0.3 is 12.4 Å². The van der Waals surface area contributed by atoms with E-state index in [9.17, 15) is 61.5 Å². The number of sulfonamides is 1. The lowest BCUT2D eigenvalue weighted by Gasteiger charge is -2.23. The number of guanidine groups is 1. The van der Waals surface area contributed by atoms with Gasteiger partial charge < -0.3 is 22.1 Å². The maximum Gasteiger partial charge on any atom is 0.435 e. The highest BCUT2D eigenvalue weighted by atomic mass is 35.5. The van der Waals surface area contributed by atoms with E-state index in [0.717, 1.165) is 42.7 Å². The molecule has 2 aliphatic carbocycles. The zero-order chi connectivity index (χ0) is 55.7. The Morgan fingerprint density at radius 1 is 0.987 bits per heavy atom. The molecule has 0 unspecified atom stereocenters. The van der Waals surface area contributed by atoms with Crippen LogP contribution in [0.1, 0.15) is 79.0 Å². The zero-order valence-corrected chi connectivity index (χ0v) is 42.0. The molecule has 0 bridgehead atoms. The van der Waals surface area contributed by atoms with Crippen molar-refractivity contribution < 1.29 is 70.3 Å². The molecule has 0 spiro atoms. The van der Waals surface area contributed by atoms with E-state index in [-0.39, 0.29) is 61.9 Å². The number of anilines is 1. The fraction of sp³-hybridized carbons (Fsp3) is 0.422. The molecule has 3 aromatic heterocycles. The number of hydrogen-bond acceptors (Lipinski definition) is 11. The highest BCUT2D eigenvalue weighted by Crippen LogP contribution is 2.68. The summed E-state index contributed by atoms with van der Waals surface area (Å²) < 4.78 is 199. The third-order valence-electron chi connectivity index (χ3n) is 12.4. The van der Waals surface area contributed by atoms with Crippen molar-refractivity contribution in [3.05, 3.63) is 93.0 Å². The highest BCUT2D eigenvalue weighted by molar-refractivity contribution is 7.93. The van der Waals surface area contributed by atoms with Crippen molar-refractivity contribution in [1.82, 2.24) is 35.2 Å². The summed E-state index contributed by atoms with van der Waals surface area (Å²) in [5.74, 6) is -7.90. The molecule has 0 saturated heterocycles. The predicted molar refractivity (Wildman–Crippen MR) is 252 cm³/mol. The molecular weight excluding hydrogens is 1080 g/mol. The molecule has 17 nitrogen and oxygen atoms in total. The Hall–Kier alpha value is -6.51. The number of nitrogens with zero attached hydrogens (tertiary/aromatic N) is 6. The maximum absolute atomic E-state index is 15.6. The van der Waals surface area contributed by atoms with E-state index < -0.39 is 160 Å². The van der Waals surface area contributed by atoms with Gasteiger partial charge in [-0.1, -0.05) is 23.6 Å². The second-order valence-electron chi connectivity index (χ2n) is 18.5. The monoisotopic (exact) mass is 1120 g/mol. The van der Waals surface area contributed by atoms with Crippen molar-refractivity contribution in [3.8, 4) is 23.0 Å². The van der Waals surface area contributed by atoms with Gasteiger partial charge in [0.2, 0.25) is 15.9 Å². The number of carbonyl (C=O) groups excluding carboxylic acids is 2. The van der Waals surface area contributed by atoms with E-state index >= 15 is 8.78 Å². The number of aromatic nitrogens is 5. The number of pyridine rings is 1. The molecule has 0 radical (unpaired) electrons. The second-order valence-corrected chi connectivity index (χ2v) is 23.3. The SMILES string of the molecule is CC(C)(C#Cc1ccc(-c2ccc(Cl)c3c(N(C(=O)[C@@H](N)CCCNC(=N)N)S(C)(=O)=O)nn(CC(F)(F)F)c23)c([C@H](Cc2cc(F)cc(F)c2)NC(=O)Cn2nc(C(F)(F)F)c3c2C(F)(F)[C@@H]2C[C@H]32)n1)S(C)(=O)=O. The number of hydrogen-bond donors (Lipinski definition) is 5. The average Bonchev–Trinajstić information content (AvgIpc) is 3.78. The van der Waals surface area contributed by atoms with Gasteiger partial charge in [-0.05, 0) is 87.3 Å². The number of halogens is 11. The number of nitrogens with one attached hydrogen (secondary N) is 3. The third-order valence-corrected chi connectivity index (χ3v) is 15.6. The molecule has 2 aromatic carbocycles. The molecule has 1 saturated carbocycles. The van der Waals surface area contributed by atoms with Crippen LogP contribution in [0.25, 0.3) is 22.0 Å². The first kappa shape index (κ1) is 56.2. The molecule has 7 N–H and O–H groups in total. The van der Waals surface area contributed by atoms with Gasteiger partial charge in [0.05, 0.1) is 40.0 Å². The molecule has 75 heavy (non-hydrogen) atoms. The number of fused-ring (bicyclic) bond motifs is 4. The van der Waals surface area contributed by atoms with E-state index in [2.05, 4.69) is 37.7 Å². The largest absolute Gasteiger partial charge is 0.435 e. The molecule has 4 atom stereocenters. The van der Waals surface area contributed by atoms with Crippen LogP contribution >= 0.6 is 11.6 Å². The van der Waals surface area contributed by atoms with Crippen LogP contribution in [0.5, 0.6) is 0 Å². The van der Waals surface area contributed by atoms with Crippen molar-refractivity contribution in [2.24, 2.45) is 17.4 Å². The number of nitrogens with two attached hydrogens (primary N) is 2. The minimum Gasteiger partial charge on any atom is -0.370 e. The molecular formula is C45H44ClF10N11O6S2. The lowest BCUT2D eigenvalue weighted by Crippen LogP contribution is -2.47. The van der Waals surface area contributed by atoms with Gasteiger partial charge in [-0.3, -0.25) is 24.4 Å². The highest BCUT2D eigenvalue weighted by Gasteiger charge is 2.68. The topological polar surface area (TPSA) is 254 Å². The lowest BCUT2D eigenvalue weighted by atomic mass is 9.93. The standard InChI is InChI=1S/C45H44ClF10N11O6S2/c1-42(2,74(3,70)71)12-11-24-7-8-25(26-9-10-29(46)34-36(26)66(20-43(49,50)51)64-39(34)67(75(4,72)73)40(69)30(57)6-5-13-60-41(58)59)35(61-24)31(16-21-14-22(47)17-23(48)15-21)62-32(68)19-65-38-33(37(63-65)45(54,55)56)27-18-28(27)44(38,52)53/h7-10,14-15,17,27-28,30-31H,5-6,13,16,18-20,57H2,1-4H3,(H,62,68)(H4,58,59,60)/t27-,28+,30-,31-/m0/s1. The number of sulfone groups is 1. The Morgan fingerprint density at radius 2 is 1.63 bits per heavy atom. The van der Waals surface area contributed by atoms with Gasteiger partial charge in [0.25, 0.3) is 11.8 Å². The second kappa shape index (κ2) is 19.9. The first-order chi connectivity index (χ1) is 34.5. The van der Waals surface area contributed by atoms with Gasteiger partial charge in [0.1, 0.15) is 40.9 Å². The molecule has 404 valence electrons. The van der Waals surface area contributed by atoms with Crippen molar-refractivity contribution in [1.29, 1.82) is 5.41 Å². The molecule has 2 aliphatic rings. The van der Waals surface area contributed by atoms with Crippen LogP contribution in [0.3, 0.4) is 0 Å². The molecule has 30 heteroatoms. The summed E-state index contributed by atoms with van der Waals surface area (Å²) in [5.41, 5.74) is 5.41. The van der Waals surface area contributed by atoms with Crippen LogP contribution in [0.4, 0.5) is 49.7 Å². The lowest BCUT2D eigenvalue weighted by molar-refractivity contribution is -0.143. The van der Waals surface area contributed by atoms with Gasteiger partial charge in [0, 0.05) is 41.5 Å². The molecule has 2 amide bonds. The van der Waals surface area contributed by atoms with Gasteiger partial charge in [-0.2, -0.15) is 49.6 Å². The number of amides is 2. The first-order valence-corrected chi connectivity index (χ1v) is 26.3. The molecule has 1 fully saturated rings. The Kier molecular flexibility index (Phi) is 14.9. The van der Waals surface area contributed by atoms with Crippen molar-refractivity contribution >= 4 is 66.0 Å². The van der Waals surface area contributed by atoms with Crippen LogP contribution in [0, 0.1) is 34.8 Å². The zero-order valence-electron chi connectivity index (χ0n) is 39.6. The molecule has 5 aromatic rings. The van der Waals surface area contributed by atoms with E-state index in [1.807, 2.05) is 0 Å². The van der Waals surface area contributed by atoms with Gasteiger partial charge in [-0.15, -0.1) is 0 Å². The molecule has 0 aliphatic heterocycles. The summed E-state index contributed by atoms with van der Waals surface area (Å²) in [6.07, 6.45) is -10.2. The van der Waals surface area contributed by atoms with Crippen LogP contribution in [-0.4, -0.2) is 95.2 Å². The fourth-order valence-corrected chi connectivity index (χ4v) is 10.0. The van der Waals surface area contributed by atoms with E-state index in [0.29, 0.717) is 12.3 Å². The first-order valence-electron chi connectivity index (χ1n) is 22.2. The van der Waals surface area contributed by atoms with E-state index in [1.54, 1.807) is 0 Å². The Morgan fingerprint density at radius 3 is 2.21 bits per heavy atom. The summed E-state index contributed by atoms with van der Waals surface area (Å²) >= 11 is 6.67. The summed E-state index contributed by atoms with van der Waals surface area (Å²) in [6.45, 7) is -0.844. The van der Waals surface area contributed by atoms with Crippen LogP contribution in [0.15, 0.2) is 42.5 Å². The summed E-state index contributed by atoms with van der Waals surface area (Å²) in [7, 11) is -8.77. The quantitative estimate of drug-likeness (QED) is 0.0244. The van der Waals surface area contributed by atoms with E-state index in [1.165, 1.54) is 13.8 Å². The molecule has 7 rings (SSSR count). The van der Waals surface area contributed by atoms with Crippen LogP contribution in [-0.2, 0) is 61.1 Å². The van der Waals surface area contributed by atoms with Crippen molar-refractivity contribution in [2.75, 3.05) is 23.4 Å². The van der Waals surface area contributed by atoms with Gasteiger partial charge in [0.15, 0.2) is 27.3 Å². The number of carbonyl (C=O) groups is 2. The maximum atomic E-state index is 15.6. The average molecular weight is 1120 g/mol. The summed E-state index contributed by atoms with van der Waals surface area (Å²) in [4.78, 5) is 32.7. The fourth-order valence-electron chi connectivity index (χ4n) is 8.64. The third kappa shape index (κ3) is 11.8.